The van der Waals surface area contributed by atoms with Gasteiger partial charge in [-0.25, -0.2) is 4.98 Å². The summed E-state index contributed by atoms with van der Waals surface area (Å²) < 4.78 is 0. The van der Waals surface area contributed by atoms with Gasteiger partial charge in [0.05, 0.1) is 11.8 Å². The third kappa shape index (κ3) is 3.17. The fourth-order valence-corrected chi connectivity index (χ4v) is 4.94. The molecular formula is C20H21N3O2S. The van der Waals surface area contributed by atoms with E-state index in [4.69, 9.17) is 0 Å². The average molecular weight is 367 g/mol. The summed E-state index contributed by atoms with van der Waals surface area (Å²) in [5.41, 5.74) is 2.81. The van der Waals surface area contributed by atoms with Crippen LogP contribution in [0.2, 0.25) is 0 Å². The van der Waals surface area contributed by atoms with Gasteiger partial charge >= 0.3 is 0 Å². The Morgan fingerprint density at radius 2 is 2.19 bits per heavy atom. The maximum Gasteiger partial charge on any atom is 0.259 e. The molecule has 26 heavy (non-hydrogen) atoms. The number of aromatic amines is 1. The molecule has 1 aliphatic carbocycles. The first-order valence-corrected chi connectivity index (χ1v) is 9.72. The lowest BCUT2D eigenvalue weighted by Crippen LogP contribution is -2.20. The second-order valence-corrected chi connectivity index (χ2v) is 8.17. The minimum atomic E-state index is -0.184. The topological polar surface area (TPSA) is 74.8 Å². The molecule has 6 heteroatoms. The van der Waals surface area contributed by atoms with E-state index >= 15 is 0 Å². The van der Waals surface area contributed by atoms with Gasteiger partial charge in [0.1, 0.15) is 10.7 Å². The normalized spacial score (nSPS) is 16.5. The Morgan fingerprint density at radius 3 is 3.00 bits per heavy atom. The number of benzene rings is 1. The second-order valence-electron chi connectivity index (χ2n) is 7.08. The summed E-state index contributed by atoms with van der Waals surface area (Å²) in [5, 5.41) is 3.61. The first-order valence-electron chi connectivity index (χ1n) is 8.90. The van der Waals surface area contributed by atoms with E-state index in [0.29, 0.717) is 11.7 Å². The molecule has 0 radical (unpaired) electrons. The Bertz CT molecular complexity index is 1050. The average Bonchev–Trinajstić information content (AvgIpc) is 2.94. The van der Waals surface area contributed by atoms with Gasteiger partial charge in [0, 0.05) is 10.6 Å². The van der Waals surface area contributed by atoms with Crippen LogP contribution in [0.1, 0.15) is 35.2 Å². The van der Waals surface area contributed by atoms with Crippen LogP contribution >= 0.6 is 11.3 Å². The smallest absolute Gasteiger partial charge is 0.259 e. The summed E-state index contributed by atoms with van der Waals surface area (Å²) >= 11 is 1.60. The zero-order valence-electron chi connectivity index (χ0n) is 14.9. The Kier molecular flexibility index (Phi) is 4.36. The molecule has 3 aromatic rings. The van der Waals surface area contributed by atoms with Crippen molar-refractivity contribution in [1.82, 2.24) is 9.97 Å². The van der Waals surface area contributed by atoms with Crippen molar-refractivity contribution in [3.63, 3.8) is 0 Å². The van der Waals surface area contributed by atoms with Gasteiger partial charge in [0.15, 0.2) is 0 Å². The predicted molar refractivity (Wildman–Crippen MR) is 105 cm³/mol. The monoisotopic (exact) mass is 367 g/mol. The number of hydrogen-bond acceptors (Lipinski definition) is 4. The Labute approximate surface area is 155 Å². The molecule has 4 rings (SSSR count). The molecule has 1 amide bonds. The standard InChI is InChI=1S/C20H21N3O2S/c1-11-7-8-13-15(9-11)26-20-18(13)19(25)22-16(23-20)10-17(24)21-14-6-4-3-5-12(14)2/h3-6,11H,7-10H2,1-2H3,(H,21,24)(H,22,23,25). The number of amides is 1. The highest BCUT2D eigenvalue weighted by Crippen LogP contribution is 2.35. The van der Waals surface area contributed by atoms with Crippen molar-refractivity contribution >= 4 is 33.1 Å². The van der Waals surface area contributed by atoms with E-state index in [0.717, 1.165) is 46.3 Å². The van der Waals surface area contributed by atoms with Crippen molar-refractivity contribution in [1.29, 1.82) is 0 Å². The van der Waals surface area contributed by atoms with Gasteiger partial charge in [0.25, 0.3) is 5.56 Å². The van der Waals surface area contributed by atoms with Crippen LogP contribution in [-0.2, 0) is 24.1 Å². The maximum absolute atomic E-state index is 12.6. The molecule has 0 saturated heterocycles. The van der Waals surface area contributed by atoms with E-state index in [2.05, 4.69) is 22.2 Å². The number of H-pyrrole nitrogens is 1. The first-order chi connectivity index (χ1) is 12.5. The molecule has 0 aliphatic heterocycles. The molecule has 5 nitrogen and oxygen atoms in total. The number of fused-ring (bicyclic) bond motifs is 3. The summed E-state index contributed by atoms with van der Waals surface area (Å²) in [7, 11) is 0. The summed E-state index contributed by atoms with van der Waals surface area (Å²) in [6.45, 7) is 4.19. The van der Waals surface area contributed by atoms with E-state index < -0.39 is 0 Å². The van der Waals surface area contributed by atoms with Crippen LogP contribution in [0.25, 0.3) is 10.2 Å². The summed E-state index contributed by atoms with van der Waals surface area (Å²) in [5.74, 6) is 0.881. The molecule has 1 aromatic carbocycles. The third-order valence-electron chi connectivity index (χ3n) is 4.96. The number of carbonyl (C=O) groups is 1. The number of nitrogens with zero attached hydrogens (tertiary/aromatic N) is 1. The molecule has 134 valence electrons. The van der Waals surface area contributed by atoms with Gasteiger partial charge in [-0.2, -0.15) is 0 Å². The van der Waals surface area contributed by atoms with Crippen molar-refractivity contribution in [3.05, 3.63) is 56.4 Å². The highest BCUT2D eigenvalue weighted by molar-refractivity contribution is 7.18. The van der Waals surface area contributed by atoms with Crippen molar-refractivity contribution in [2.45, 2.75) is 39.5 Å². The minimum absolute atomic E-state index is 0.0541. The van der Waals surface area contributed by atoms with Gasteiger partial charge in [-0.15, -0.1) is 11.3 Å². The molecule has 0 spiro atoms. The van der Waals surface area contributed by atoms with Gasteiger partial charge in [-0.3, -0.25) is 9.59 Å². The molecule has 2 heterocycles. The number of rotatable bonds is 3. The zero-order chi connectivity index (χ0) is 18.3. The largest absolute Gasteiger partial charge is 0.325 e. The van der Waals surface area contributed by atoms with E-state index in [-0.39, 0.29) is 17.9 Å². The number of carbonyl (C=O) groups excluding carboxylic acids is 1. The van der Waals surface area contributed by atoms with Crippen LogP contribution in [0.5, 0.6) is 0 Å². The SMILES string of the molecule is Cc1ccccc1NC(=O)Cc1nc2sc3c(c2c(=O)[nH]1)CCC(C)C3. The molecular weight excluding hydrogens is 346 g/mol. The predicted octanol–water partition coefficient (Wildman–Crippen LogP) is 3.60. The molecule has 0 fully saturated rings. The second kappa shape index (κ2) is 6.68. The number of nitrogens with one attached hydrogen (secondary N) is 2. The molecule has 2 N–H and O–H groups in total. The Balaban J connectivity index is 1.60. The molecule has 1 atom stereocenters. The van der Waals surface area contributed by atoms with Crippen molar-refractivity contribution in [3.8, 4) is 0 Å². The number of thiophene rings is 1. The fourth-order valence-electron chi connectivity index (χ4n) is 3.54. The lowest BCUT2D eigenvalue weighted by molar-refractivity contribution is -0.115. The van der Waals surface area contributed by atoms with E-state index in [9.17, 15) is 9.59 Å². The molecule has 1 aliphatic rings. The number of anilines is 1. The van der Waals surface area contributed by atoms with Crippen LogP contribution in [0.15, 0.2) is 29.1 Å². The number of aromatic nitrogens is 2. The zero-order valence-corrected chi connectivity index (χ0v) is 15.7. The van der Waals surface area contributed by atoms with Crippen LogP contribution in [-0.4, -0.2) is 15.9 Å². The van der Waals surface area contributed by atoms with Crippen LogP contribution in [0.4, 0.5) is 5.69 Å². The third-order valence-corrected chi connectivity index (χ3v) is 6.11. The molecule has 0 saturated carbocycles. The number of aryl methyl sites for hydroxylation is 2. The van der Waals surface area contributed by atoms with Crippen molar-refractivity contribution in [2.75, 3.05) is 5.32 Å². The van der Waals surface area contributed by atoms with Crippen LogP contribution in [0, 0.1) is 12.8 Å². The number of para-hydroxylation sites is 1. The molecule has 1 unspecified atom stereocenters. The van der Waals surface area contributed by atoms with Crippen molar-refractivity contribution < 1.29 is 4.79 Å². The van der Waals surface area contributed by atoms with Crippen LogP contribution in [0.3, 0.4) is 0 Å². The van der Waals surface area contributed by atoms with E-state index in [1.807, 2.05) is 31.2 Å². The quantitative estimate of drug-likeness (QED) is 0.743. The first kappa shape index (κ1) is 17.0. The van der Waals surface area contributed by atoms with Crippen LogP contribution < -0.4 is 10.9 Å². The summed E-state index contributed by atoms with van der Waals surface area (Å²) in [4.78, 5) is 34.3. The Morgan fingerprint density at radius 1 is 1.38 bits per heavy atom. The van der Waals surface area contributed by atoms with E-state index in [1.165, 1.54) is 4.88 Å². The maximum atomic E-state index is 12.6. The van der Waals surface area contributed by atoms with Gasteiger partial charge in [-0.05, 0) is 49.3 Å². The minimum Gasteiger partial charge on any atom is -0.325 e. The Hall–Kier alpha value is -2.47. The fraction of sp³-hybridized carbons (Fsp3) is 0.350. The lowest BCUT2D eigenvalue weighted by atomic mass is 9.89. The highest BCUT2D eigenvalue weighted by atomic mass is 32.1. The molecule has 2 aromatic heterocycles. The summed E-state index contributed by atoms with van der Waals surface area (Å²) in [6, 6.07) is 7.61. The van der Waals surface area contributed by atoms with Gasteiger partial charge in [0.2, 0.25) is 5.91 Å². The van der Waals surface area contributed by atoms with Gasteiger partial charge in [-0.1, -0.05) is 25.1 Å². The van der Waals surface area contributed by atoms with Gasteiger partial charge < -0.3 is 10.3 Å². The lowest BCUT2D eigenvalue weighted by Gasteiger charge is -2.17. The molecule has 0 bridgehead atoms. The van der Waals surface area contributed by atoms with Crippen molar-refractivity contribution in [2.24, 2.45) is 5.92 Å². The highest BCUT2D eigenvalue weighted by Gasteiger charge is 2.23. The summed E-state index contributed by atoms with van der Waals surface area (Å²) in [6.07, 6.45) is 3.12. The van der Waals surface area contributed by atoms with E-state index in [1.54, 1.807) is 11.3 Å². The number of hydrogen-bond donors (Lipinski definition) is 2.